The molecule has 1 saturated heterocycles. The third-order valence-electron chi connectivity index (χ3n) is 9.16. The molecule has 1 fully saturated rings. The predicted octanol–water partition coefficient (Wildman–Crippen LogP) is 9.11. The van der Waals surface area contributed by atoms with Crippen LogP contribution in [0.3, 0.4) is 0 Å². The topological polar surface area (TPSA) is 60.4 Å². The van der Waals surface area contributed by atoms with E-state index in [1.807, 2.05) is 60.7 Å². The number of anilines is 3. The average molecular weight is 633 g/mol. The van der Waals surface area contributed by atoms with Crippen LogP contribution in [-0.4, -0.2) is 33.3 Å². The van der Waals surface area contributed by atoms with Gasteiger partial charge in [-0.1, -0.05) is 115 Å². The molecule has 6 aromatic rings. The number of aromatic nitrogens is 3. The van der Waals surface area contributed by atoms with Gasteiger partial charge in [0, 0.05) is 20.9 Å². The number of rotatable bonds is 5. The fourth-order valence-corrected chi connectivity index (χ4v) is 6.99. The summed E-state index contributed by atoms with van der Waals surface area (Å²) in [6.45, 7) is 8.33. The lowest BCUT2D eigenvalue weighted by Gasteiger charge is -2.32. The van der Waals surface area contributed by atoms with Gasteiger partial charge in [-0.15, -0.1) is 0 Å². The third-order valence-corrected chi connectivity index (χ3v) is 10.3. The Kier molecular flexibility index (Phi) is 7.25. The minimum atomic E-state index is -0.421. The molecule has 8 heteroatoms. The molecule has 3 heterocycles. The maximum absolute atomic E-state index is 6.36. The number of hydrogen-bond acceptors (Lipinski definition) is 7. The number of fused-ring (bicyclic) bond motifs is 2. The Morgan fingerprint density at radius 1 is 0.532 bits per heavy atom. The summed E-state index contributed by atoms with van der Waals surface area (Å²) in [6, 6.07) is 43.6. The van der Waals surface area contributed by atoms with E-state index in [9.17, 15) is 0 Å². The molecule has 0 N–H and O–H groups in total. The summed E-state index contributed by atoms with van der Waals surface area (Å²) in [5, 5.41) is 0. The molecular weight excluding hydrogens is 599 g/mol. The van der Waals surface area contributed by atoms with Crippen LogP contribution in [0.25, 0.3) is 33.9 Å². The molecule has 2 aliphatic heterocycles. The van der Waals surface area contributed by atoms with Gasteiger partial charge in [-0.3, -0.25) is 4.90 Å². The summed E-state index contributed by atoms with van der Waals surface area (Å²) >= 11 is 1.76. The Hall–Kier alpha value is -4.76. The summed E-state index contributed by atoms with van der Waals surface area (Å²) in [5.41, 5.74) is 6.34. The van der Waals surface area contributed by atoms with Crippen molar-refractivity contribution < 1.29 is 9.31 Å². The molecule has 5 aromatic carbocycles. The van der Waals surface area contributed by atoms with Crippen molar-refractivity contribution in [2.24, 2.45) is 0 Å². The lowest BCUT2D eigenvalue weighted by atomic mass is 9.78. The van der Waals surface area contributed by atoms with Crippen LogP contribution < -0.4 is 10.4 Å². The van der Waals surface area contributed by atoms with Gasteiger partial charge < -0.3 is 9.31 Å². The van der Waals surface area contributed by atoms with Gasteiger partial charge in [-0.25, -0.2) is 4.98 Å². The van der Waals surface area contributed by atoms with Crippen molar-refractivity contribution in [3.05, 3.63) is 127 Å². The van der Waals surface area contributed by atoms with Gasteiger partial charge in [0.25, 0.3) is 0 Å². The molecule has 8 rings (SSSR count). The highest BCUT2D eigenvalue weighted by Crippen LogP contribution is 2.51. The molecule has 0 aliphatic carbocycles. The smallest absolute Gasteiger partial charge is 0.399 e. The Balaban J connectivity index is 1.23. The molecule has 1 aromatic heterocycles. The fourth-order valence-electron chi connectivity index (χ4n) is 5.89. The van der Waals surface area contributed by atoms with Gasteiger partial charge >= 0.3 is 7.12 Å². The second-order valence-electron chi connectivity index (χ2n) is 12.8. The normalized spacial score (nSPS) is 16.1. The van der Waals surface area contributed by atoms with E-state index in [-0.39, 0.29) is 0 Å². The van der Waals surface area contributed by atoms with Crippen LogP contribution in [0.4, 0.5) is 17.3 Å². The van der Waals surface area contributed by atoms with Gasteiger partial charge in [0.2, 0.25) is 5.95 Å². The molecule has 6 nitrogen and oxygen atoms in total. The van der Waals surface area contributed by atoms with Crippen LogP contribution in [0.1, 0.15) is 27.7 Å². The maximum Gasteiger partial charge on any atom is 0.494 e. The van der Waals surface area contributed by atoms with E-state index >= 15 is 0 Å². The minimum absolute atomic E-state index is 0.400. The molecule has 0 saturated carbocycles. The highest BCUT2D eigenvalue weighted by Gasteiger charge is 2.51. The van der Waals surface area contributed by atoms with Crippen LogP contribution in [0.15, 0.2) is 137 Å². The zero-order chi connectivity index (χ0) is 32.2. The molecule has 0 radical (unpaired) electrons. The highest BCUT2D eigenvalue weighted by molar-refractivity contribution is 7.99. The molecule has 0 bridgehead atoms. The summed E-state index contributed by atoms with van der Waals surface area (Å²) in [5.74, 6) is 1.83. The van der Waals surface area contributed by atoms with Crippen LogP contribution in [-0.2, 0) is 9.31 Å². The number of hydrogen-bond donors (Lipinski definition) is 0. The number of benzene rings is 5. The zero-order valence-corrected chi connectivity index (χ0v) is 27.5. The average Bonchev–Trinajstić information content (AvgIpc) is 3.33. The first kappa shape index (κ1) is 29.6. The lowest BCUT2D eigenvalue weighted by molar-refractivity contribution is 0.00578. The van der Waals surface area contributed by atoms with Crippen molar-refractivity contribution in [2.45, 2.75) is 48.7 Å². The first-order chi connectivity index (χ1) is 22.8. The van der Waals surface area contributed by atoms with Gasteiger partial charge in [0.05, 0.1) is 22.6 Å². The van der Waals surface area contributed by atoms with Crippen LogP contribution >= 0.6 is 11.8 Å². The predicted molar refractivity (Wildman–Crippen MR) is 191 cm³/mol. The number of para-hydroxylation sites is 1. The standard InChI is InChI=1S/C39H33BN4O2S/c1-38(2)39(3,4)46-40(45-38)30-19-13-18-28(24-30)29-22-23-32-34(25-29)47-33-21-12-11-20-31(33)44(32)37-42-35(26-14-7-5-8-15-26)41-36(43-37)27-16-9-6-10-17-27/h5-25H,1-4H3. The van der Waals surface area contributed by atoms with Crippen molar-refractivity contribution in [2.75, 3.05) is 4.90 Å². The van der Waals surface area contributed by atoms with Crippen molar-refractivity contribution in [1.82, 2.24) is 15.0 Å². The molecule has 0 atom stereocenters. The minimum Gasteiger partial charge on any atom is -0.399 e. The quantitative estimate of drug-likeness (QED) is 0.176. The monoisotopic (exact) mass is 632 g/mol. The largest absolute Gasteiger partial charge is 0.494 e. The van der Waals surface area contributed by atoms with E-state index in [0.717, 1.165) is 48.9 Å². The number of nitrogens with zero attached hydrogens (tertiary/aromatic N) is 4. The molecular formula is C39H33BN4O2S. The van der Waals surface area contributed by atoms with Crippen molar-refractivity contribution in [1.29, 1.82) is 0 Å². The lowest BCUT2D eigenvalue weighted by Crippen LogP contribution is -2.41. The molecule has 0 spiro atoms. The maximum atomic E-state index is 6.36. The first-order valence-electron chi connectivity index (χ1n) is 15.8. The van der Waals surface area contributed by atoms with Gasteiger partial charge in [-0.2, -0.15) is 9.97 Å². The third kappa shape index (κ3) is 5.42. The fraction of sp³-hybridized carbons (Fsp3) is 0.154. The van der Waals surface area contributed by atoms with E-state index in [0.29, 0.717) is 17.6 Å². The van der Waals surface area contributed by atoms with Crippen molar-refractivity contribution in [3.8, 4) is 33.9 Å². The van der Waals surface area contributed by atoms with E-state index in [4.69, 9.17) is 24.3 Å². The van der Waals surface area contributed by atoms with Crippen molar-refractivity contribution in [3.63, 3.8) is 0 Å². The Bertz CT molecular complexity index is 2030. The molecule has 0 amide bonds. The molecule has 47 heavy (non-hydrogen) atoms. The van der Waals surface area contributed by atoms with Gasteiger partial charge in [-0.05, 0) is 68.6 Å². The van der Waals surface area contributed by atoms with E-state index in [1.54, 1.807) is 11.8 Å². The summed E-state index contributed by atoms with van der Waals surface area (Å²) in [7, 11) is -0.421. The van der Waals surface area contributed by atoms with Gasteiger partial charge in [0.1, 0.15) is 0 Å². The Morgan fingerprint density at radius 3 is 1.74 bits per heavy atom. The Morgan fingerprint density at radius 2 is 1.09 bits per heavy atom. The molecule has 2 aliphatic rings. The highest BCUT2D eigenvalue weighted by atomic mass is 32.2. The summed E-state index contributed by atoms with van der Waals surface area (Å²) < 4.78 is 12.7. The van der Waals surface area contributed by atoms with Crippen LogP contribution in [0.2, 0.25) is 0 Å². The molecule has 230 valence electrons. The van der Waals surface area contributed by atoms with E-state index in [1.165, 1.54) is 0 Å². The van der Waals surface area contributed by atoms with Crippen LogP contribution in [0.5, 0.6) is 0 Å². The second kappa shape index (κ2) is 11.5. The van der Waals surface area contributed by atoms with E-state index < -0.39 is 18.3 Å². The summed E-state index contributed by atoms with van der Waals surface area (Å²) in [6.07, 6.45) is 0. The summed E-state index contributed by atoms with van der Waals surface area (Å²) in [4.78, 5) is 19.5. The van der Waals surface area contributed by atoms with Crippen LogP contribution in [0, 0.1) is 0 Å². The Labute approximate surface area is 280 Å². The second-order valence-corrected chi connectivity index (χ2v) is 13.9. The SMILES string of the molecule is CC1(C)OB(c2cccc(-c3ccc4c(c3)Sc3ccccc3N4c3nc(-c4ccccc4)nc(-c4ccccc4)n3)c2)OC1(C)C. The van der Waals surface area contributed by atoms with Gasteiger partial charge in [0.15, 0.2) is 11.6 Å². The van der Waals surface area contributed by atoms with Crippen molar-refractivity contribution >= 4 is 41.7 Å². The zero-order valence-electron chi connectivity index (χ0n) is 26.7. The van der Waals surface area contributed by atoms with E-state index in [2.05, 4.69) is 99.3 Å². The first-order valence-corrected chi connectivity index (χ1v) is 16.6. The molecule has 0 unspecified atom stereocenters.